The standard InChI is InChI=1S/C10H14N4O2/c1-2-16-10(15)14-4-3-8-7(6-14)5-12-9(11)13-8/h5H,2-4,6H2,1H3,(H2,11,12,13). The number of anilines is 1. The summed E-state index contributed by atoms with van der Waals surface area (Å²) < 4.78 is 4.94. The number of aromatic nitrogens is 2. The number of rotatable bonds is 1. The highest BCUT2D eigenvalue weighted by Gasteiger charge is 2.22. The molecule has 0 spiro atoms. The van der Waals surface area contributed by atoms with Gasteiger partial charge in [0.2, 0.25) is 5.95 Å². The number of amides is 1. The van der Waals surface area contributed by atoms with Crippen LogP contribution in [0.5, 0.6) is 0 Å². The molecule has 0 unspecified atom stereocenters. The third-order valence-electron chi connectivity index (χ3n) is 2.48. The van der Waals surface area contributed by atoms with E-state index in [9.17, 15) is 4.79 Å². The van der Waals surface area contributed by atoms with E-state index in [0.717, 1.165) is 11.3 Å². The van der Waals surface area contributed by atoms with Gasteiger partial charge in [-0.3, -0.25) is 0 Å². The molecule has 1 amide bonds. The van der Waals surface area contributed by atoms with Crippen LogP contribution in [0.25, 0.3) is 0 Å². The molecule has 0 aliphatic carbocycles. The average Bonchev–Trinajstić information content (AvgIpc) is 2.28. The topological polar surface area (TPSA) is 81.3 Å². The molecule has 1 aromatic rings. The predicted molar refractivity (Wildman–Crippen MR) is 57.6 cm³/mol. The summed E-state index contributed by atoms with van der Waals surface area (Å²) in [7, 11) is 0. The number of nitrogen functional groups attached to an aromatic ring is 1. The molecular weight excluding hydrogens is 208 g/mol. The number of carbonyl (C=O) groups excluding carboxylic acids is 1. The van der Waals surface area contributed by atoms with Gasteiger partial charge in [0.05, 0.1) is 18.8 Å². The lowest BCUT2D eigenvalue weighted by Crippen LogP contribution is -2.36. The van der Waals surface area contributed by atoms with E-state index in [1.807, 2.05) is 0 Å². The third-order valence-corrected chi connectivity index (χ3v) is 2.48. The lowest BCUT2D eigenvalue weighted by atomic mass is 10.1. The second kappa shape index (κ2) is 4.34. The van der Waals surface area contributed by atoms with E-state index < -0.39 is 0 Å². The Bertz CT molecular complexity index is 408. The quantitative estimate of drug-likeness (QED) is 0.751. The Labute approximate surface area is 93.4 Å². The van der Waals surface area contributed by atoms with Crippen molar-refractivity contribution in [2.45, 2.75) is 19.9 Å². The van der Waals surface area contributed by atoms with Gasteiger partial charge in [-0.25, -0.2) is 14.8 Å². The maximum Gasteiger partial charge on any atom is 0.410 e. The number of nitrogens with two attached hydrogens (primary N) is 1. The van der Waals surface area contributed by atoms with Crippen LogP contribution in [-0.2, 0) is 17.7 Å². The number of nitrogens with zero attached hydrogens (tertiary/aromatic N) is 3. The smallest absolute Gasteiger partial charge is 0.410 e. The number of fused-ring (bicyclic) bond motifs is 1. The highest BCUT2D eigenvalue weighted by atomic mass is 16.6. The number of hydrogen-bond acceptors (Lipinski definition) is 5. The van der Waals surface area contributed by atoms with Crippen LogP contribution in [-0.4, -0.2) is 34.1 Å². The van der Waals surface area contributed by atoms with Gasteiger partial charge in [0.25, 0.3) is 0 Å². The minimum atomic E-state index is -0.287. The van der Waals surface area contributed by atoms with Crippen LogP contribution < -0.4 is 5.73 Å². The van der Waals surface area contributed by atoms with Gasteiger partial charge in [-0.05, 0) is 6.92 Å². The van der Waals surface area contributed by atoms with E-state index in [0.29, 0.717) is 26.1 Å². The zero-order valence-electron chi connectivity index (χ0n) is 9.14. The van der Waals surface area contributed by atoms with Crippen LogP contribution in [0.3, 0.4) is 0 Å². The van der Waals surface area contributed by atoms with Crippen molar-refractivity contribution in [1.29, 1.82) is 0 Å². The molecule has 6 heteroatoms. The fourth-order valence-corrected chi connectivity index (χ4v) is 1.70. The van der Waals surface area contributed by atoms with Crippen LogP contribution in [0.1, 0.15) is 18.2 Å². The Morgan fingerprint density at radius 2 is 2.50 bits per heavy atom. The van der Waals surface area contributed by atoms with Crippen molar-refractivity contribution in [1.82, 2.24) is 14.9 Å². The highest BCUT2D eigenvalue weighted by Crippen LogP contribution is 2.17. The van der Waals surface area contributed by atoms with E-state index in [4.69, 9.17) is 10.5 Å². The number of hydrogen-bond donors (Lipinski definition) is 1. The molecule has 1 aliphatic rings. The molecule has 0 fully saturated rings. The molecule has 0 saturated heterocycles. The van der Waals surface area contributed by atoms with Crippen LogP contribution in [0, 0.1) is 0 Å². The van der Waals surface area contributed by atoms with E-state index in [1.165, 1.54) is 0 Å². The summed E-state index contributed by atoms with van der Waals surface area (Å²) in [5, 5.41) is 0. The minimum Gasteiger partial charge on any atom is -0.450 e. The zero-order chi connectivity index (χ0) is 11.5. The Kier molecular flexibility index (Phi) is 2.89. The van der Waals surface area contributed by atoms with Crippen molar-refractivity contribution in [3.8, 4) is 0 Å². The van der Waals surface area contributed by atoms with E-state index in [-0.39, 0.29) is 12.0 Å². The van der Waals surface area contributed by atoms with Gasteiger partial charge in [-0.2, -0.15) is 0 Å². The Morgan fingerprint density at radius 3 is 3.25 bits per heavy atom. The molecule has 0 radical (unpaired) electrons. The molecular formula is C10H14N4O2. The van der Waals surface area contributed by atoms with E-state index >= 15 is 0 Å². The molecule has 0 bridgehead atoms. The Morgan fingerprint density at radius 1 is 1.69 bits per heavy atom. The summed E-state index contributed by atoms with van der Waals surface area (Å²) in [4.78, 5) is 21.2. The normalized spacial score (nSPS) is 14.4. The number of ether oxygens (including phenoxy) is 1. The first kappa shape index (κ1) is 10.7. The lowest BCUT2D eigenvalue weighted by Gasteiger charge is -2.26. The molecule has 0 atom stereocenters. The fourth-order valence-electron chi connectivity index (χ4n) is 1.70. The van der Waals surface area contributed by atoms with Gasteiger partial charge in [0, 0.05) is 24.7 Å². The summed E-state index contributed by atoms with van der Waals surface area (Å²) in [6, 6.07) is 0. The van der Waals surface area contributed by atoms with Crippen molar-refractivity contribution in [2.24, 2.45) is 0 Å². The van der Waals surface area contributed by atoms with Crippen molar-refractivity contribution in [3.05, 3.63) is 17.5 Å². The third kappa shape index (κ3) is 2.05. The molecule has 2 rings (SSSR count). The highest BCUT2D eigenvalue weighted by molar-refractivity contribution is 5.68. The van der Waals surface area contributed by atoms with E-state index in [1.54, 1.807) is 18.0 Å². The minimum absolute atomic E-state index is 0.281. The molecule has 6 nitrogen and oxygen atoms in total. The molecule has 0 aromatic carbocycles. The van der Waals surface area contributed by atoms with Crippen molar-refractivity contribution in [2.75, 3.05) is 18.9 Å². The second-order valence-electron chi connectivity index (χ2n) is 3.57. The predicted octanol–water partition coefficient (Wildman–Crippen LogP) is 0.573. The molecule has 1 aromatic heterocycles. The molecule has 16 heavy (non-hydrogen) atoms. The summed E-state index contributed by atoms with van der Waals surface area (Å²) in [6.45, 7) is 3.29. The maximum absolute atomic E-state index is 11.5. The zero-order valence-corrected chi connectivity index (χ0v) is 9.14. The SMILES string of the molecule is CCOC(=O)N1CCc2nc(N)ncc2C1. The monoisotopic (exact) mass is 222 g/mol. The van der Waals surface area contributed by atoms with Gasteiger partial charge in [0.15, 0.2) is 0 Å². The largest absolute Gasteiger partial charge is 0.450 e. The van der Waals surface area contributed by atoms with Gasteiger partial charge in [0.1, 0.15) is 0 Å². The molecule has 2 heterocycles. The van der Waals surface area contributed by atoms with Crippen molar-refractivity contribution < 1.29 is 9.53 Å². The van der Waals surface area contributed by atoms with Crippen molar-refractivity contribution >= 4 is 12.0 Å². The second-order valence-corrected chi connectivity index (χ2v) is 3.57. The van der Waals surface area contributed by atoms with Gasteiger partial charge < -0.3 is 15.4 Å². The van der Waals surface area contributed by atoms with Gasteiger partial charge in [-0.1, -0.05) is 0 Å². The van der Waals surface area contributed by atoms with Gasteiger partial charge in [-0.15, -0.1) is 0 Å². The Balaban J connectivity index is 2.12. The molecule has 2 N–H and O–H groups in total. The van der Waals surface area contributed by atoms with Crippen LogP contribution >= 0.6 is 0 Å². The van der Waals surface area contributed by atoms with Crippen molar-refractivity contribution in [3.63, 3.8) is 0 Å². The first-order valence-electron chi connectivity index (χ1n) is 5.22. The van der Waals surface area contributed by atoms with Gasteiger partial charge >= 0.3 is 6.09 Å². The summed E-state index contributed by atoms with van der Waals surface area (Å²) in [6.07, 6.45) is 2.08. The molecule has 0 saturated carbocycles. The van der Waals surface area contributed by atoms with Crippen LogP contribution in [0.2, 0.25) is 0 Å². The lowest BCUT2D eigenvalue weighted by molar-refractivity contribution is 0.102. The average molecular weight is 222 g/mol. The molecule has 86 valence electrons. The summed E-state index contributed by atoms with van der Waals surface area (Å²) in [5.74, 6) is 0.281. The first-order valence-corrected chi connectivity index (χ1v) is 5.22. The van der Waals surface area contributed by atoms with Crippen LogP contribution in [0.4, 0.5) is 10.7 Å². The van der Waals surface area contributed by atoms with E-state index in [2.05, 4.69) is 9.97 Å². The Hall–Kier alpha value is -1.85. The molecule has 1 aliphatic heterocycles. The van der Waals surface area contributed by atoms with Crippen LogP contribution in [0.15, 0.2) is 6.20 Å². The summed E-state index contributed by atoms with van der Waals surface area (Å²) >= 11 is 0. The number of carbonyl (C=O) groups is 1. The first-order chi connectivity index (χ1) is 7.70. The fraction of sp³-hybridized carbons (Fsp3) is 0.500. The maximum atomic E-state index is 11.5. The summed E-state index contributed by atoms with van der Waals surface area (Å²) in [5.41, 5.74) is 7.36.